The molecule has 0 bridgehead atoms. The van der Waals surface area contributed by atoms with Crippen LogP contribution in [0.25, 0.3) is 0 Å². The van der Waals surface area contributed by atoms with Crippen molar-refractivity contribution in [1.29, 1.82) is 0 Å². The molecule has 0 aliphatic heterocycles. The summed E-state index contributed by atoms with van der Waals surface area (Å²) < 4.78 is 44.6. The van der Waals surface area contributed by atoms with E-state index in [1.165, 1.54) is 24.9 Å². The third kappa shape index (κ3) is 7.06. The second kappa shape index (κ2) is 12.0. The average Bonchev–Trinajstić information content (AvgIpc) is 2.75. The molecule has 5 nitrogen and oxygen atoms in total. The number of nitrogens with one attached hydrogen (secondary N) is 2. The first-order valence-electron chi connectivity index (χ1n) is 9.90. The molecule has 174 valence electrons. The Morgan fingerprint density at radius 1 is 1.16 bits per heavy atom. The first kappa shape index (κ1) is 25.9. The van der Waals surface area contributed by atoms with Gasteiger partial charge in [-0.1, -0.05) is 31.9 Å². The van der Waals surface area contributed by atoms with Gasteiger partial charge in [-0.2, -0.15) is 0 Å². The quantitative estimate of drug-likeness (QED) is 0.323. The standard InChI is InChI=1S/C22H24ClF3N2O3S/c1-4-5-12(2)19(11-27-22(30)31-3)32-18-8-13(6-7-15(18)23)21(29)28-14-9-16(24)20(26)17(25)10-14/h6-10,12,19H,4-5,11H2,1-3H3,(H,27,30)(H,28,29). The van der Waals surface area contributed by atoms with Crippen LogP contribution in [0.4, 0.5) is 23.7 Å². The van der Waals surface area contributed by atoms with Crippen LogP contribution in [-0.4, -0.2) is 30.9 Å². The third-order valence-corrected chi connectivity index (χ3v) is 6.69. The van der Waals surface area contributed by atoms with E-state index in [1.54, 1.807) is 12.1 Å². The Kier molecular flexibility index (Phi) is 9.71. The number of ether oxygens (including phenoxy) is 1. The highest BCUT2D eigenvalue weighted by molar-refractivity contribution is 8.00. The Bertz CT molecular complexity index is 954. The molecule has 32 heavy (non-hydrogen) atoms. The monoisotopic (exact) mass is 488 g/mol. The summed E-state index contributed by atoms with van der Waals surface area (Å²) in [5.41, 5.74) is -0.0165. The van der Waals surface area contributed by atoms with Crippen molar-refractivity contribution in [2.24, 2.45) is 5.92 Å². The molecule has 2 atom stereocenters. The third-order valence-electron chi connectivity index (χ3n) is 4.73. The van der Waals surface area contributed by atoms with Crippen LogP contribution in [0.2, 0.25) is 5.02 Å². The van der Waals surface area contributed by atoms with Crippen molar-refractivity contribution in [1.82, 2.24) is 5.32 Å². The van der Waals surface area contributed by atoms with Crippen LogP contribution in [0.15, 0.2) is 35.2 Å². The Morgan fingerprint density at radius 3 is 2.41 bits per heavy atom. The van der Waals surface area contributed by atoms with Gasteiger partial charge in [-0.05, 0) is 30.5 Å². The van der Waals surface area contributed by atoms with Crippen LogP contribution in [-0.2, 0) is 4.74 Å². The average molecular weight is 489 g/mol. The topological polar surface area (TPSA) is 67.4 Å². The zero-order valence-corrected chi connectivity index (χ0v) is 19.4. The lowest BCUT2D eigenvalue weighted by molar-refractivity contribution is 0.102. The van der Waals surface area contributed by atoms with E-state index < -0.39 is 29.5 Å². The van der Waals surface area contributed by atoms with Gasteiger partial charge in [0.15, 0.2) is 17.5 Å². The molecule has 10 heteroatoms. The van der Waals surface area contributed by atoms with E-state index >= 15 is 0 Å². The molecule has 0 heterocycles. The number of thioether (sulfide) groups is 1. The fourth-order valence-electron chi connectivity index (χ4n) is 2.99. The molecule has 0 aliphatic rings. The maximum atomic E-state index is 13.4. The van der Waals surface area contributed by atoms with Gasteiger partial charge in [0.25, 0.3) is 5.91 Å². The predicted molar refractivity (Wildman–Crippen MR) is 120 cm³/mol. The molecular weight excluding hydrogens is 465 g/mol. The van der Waals surface area contributed by atoms with Gasteiger partial charge in [0.2, 0.25) is 0 Å². The van der Waals surface area contributed by atoms with Crippen molar-refractivity contribution in [3.8, 4) is 0 Å². The molecule has 0 saturated carbocycles. The highest BCUT2D eigenvalue weighted by Gasteiger charge is 2.21. The fraction of sp³-hybridized carbons (Fsp3) is 0.364. The summed E-state index contributed by atoms with van der Waals surface area (Å²) in [6.45, 7) is 4.45. The van der Waals surface area contributed by atoms with Gasteiger partial charge >= 0.3 is 6.09 Å². The molecule has 2 aromatic rings. The van der Waals surface area contributed by atoms with Crippen LogP contribution in [0.5, 0.6) is 0 Å². The van der Waals surface area contributed by atoms with Crippen LogP contribution in [0.3, 0.4) is 0 Å². The van der Waals surface area contributed by atoms with Gasteiger partial charge in [0, 0.05) is 40.1 Å². The predicted octanol–water partition coefficient (Wildman–Crippen LogP) is 6.26. The van der Waals surface area contributed by atoms with Gasteiger partial charge in [-0.25, -0.2) is 18.0 Å². The van der Waals surface area contributed by atoms with Crippen molar-refractivity contribution in [3.63, 3.8) is 0 Å². The summed E-state index contributed by atoms with van der Waals surface area (Å²) in [4.78, 5) is 24.7. The number of carbonyl (C=O) groups is 2. The zero-order chi connectivity index (χ0) is 23.8. The van der Waals surface area contributed by atoms with Gasteiger partial charge in [0.1, 0.15) is 0 Å². The maximum absolute atomic E-state index is 13.4. The van der Waals surface area contributed by atoms with Crippen LogP contribution in [0.1, 0.15) is 37.0 Å². The highest BCUT2D eigenvalue weighted by atomic mass is 35.5. The number of hydrogen-bond acceptors (Lipinski definition) is 4. The van der Waals surface area contributed by atoms with Crippen molar-refractivity contribution in [2.75, 3.05) is 19.0 Å². The number of anilines is 1. The first-order chi connectivity index (χ1) is 15.2. The van der Waals surface area contributed by atoms with Gasteiger partial charge < -0.3 is 15.4 Å². The van der Waals surface area contributed by atoms with E-state index in [-0.39, 0.29) is 22.4 Å². The second-order valence-corrected chi connectivity index (χ2v) is 8.84. The van der Waals surface area contributed by atoms with Crippen molar-refractivity contribution in [2.45, 2.75) is 36.8 Å². The molecule has 0 fully saturated rings. The molecule has 0 spiro atoms. The zero-order valence-electron chi connectivity index (χ0n) is 17.8. The van der Waals surface area contributed by atoms with Crippen molar-refractivity contribution in [3.05, 3.63) is 58.4 Å². The lowest BCUT2D eigenvalue weighted by Crippen LogP contribution is -2.33. The molecule has 2 unspecified atom stereocenters. The molecular formula is C22H24ClF3N2O3S. The summed E-state index contributed by atoms with van der Waals surface area (Å²) in [6, 6.07) is 5.96. The van der Waals surface area contributed by atoms with Crippen LogP contribution in [0, 0.1) is 23.4 Å². The number of carbonyl (C=O) groups excluding carboxylic acids is 2. The van der Waals surface area contributed by atoms with E-state index in [1.807, 2.05) is 0 Å². The molecule has 0 radical (unpaired) electrons. The minimum Gasteiger partial charge on any atom is -0.453 e. The number of rotatable bonds is 9. The van der Waals surface area contributed by atoms with Crippen molar-refractivity contribution < 1.29 is 27.5 Å². The molecule has 2 amide bonds. The lowest BCUT2D eigenvalue weighted by Gasteiger charge is -2.24. The fourth-order valence-corrected chi connectivity index (χ4v) is 4.47. The Morgan fingerprint density at radius 2 is 1.81 bits per heavy atom. The largest absolute Gasteiger partial charge is 0.453 e. The summed E-state index contributed by atoms with van der Waals surface area (Å²) in [5, 5.41) is 5.40. The number of alkyl carbamates (subject to hydrolysis) is 1. The van der Waals surface area contributed by atoms with Gasteiger partial charge in [-0.3, -0.25) is 4.79 Å². The summed E-state index contributed by atoms with van der Waals surface area (Å²) in [6.07, 6.45) is 1.33. The second-order valence-electron chi connectivity index (χ2n) is 7.15. The summed E-state index contributed by atoms with van der Waals surface area (Å²) >= 11 is 7.74. The minimum absolute atomic E-state index is 0.0508. The lowest BCUT2D eigenvalue weighted by atomic mass is 10.0. The normalized spacial score (nSPS) is 12.7. The van der Waals surface area contributed by atoms with E-state index in [9.17, 15) is 22.8 Å². The van der Waals surface area contributed by atoms with E-state index in [0.29, 0.717) is 28.6 Å². The molecule has 2 aromatic carbocycles. The number of benzene rings is 2. The Balaban J connectivity index is 2.22. The highest BCUT2D eigenvalue weighted by Crippen LogP contribution is 2.35. The van der Waals surface area contributed by atoms with E-state index in [4.69, 9.17) is 11.6 Å². The van der Waals surface area contributed by atoms with Crippen molar-refractivity contribution >= 4 is 41.1 Å². The molecule has 2 N–H and O–H groups in total. The number of halogens is 4. The van der Waals surface area contributed by atoms with Gasteiger partial charge in [-0.15, -0.1) is 11.8 Å². The van der Waals surface area contributed by atoms with Crippen LogP contribution < -0.4 is 10.6 Å². The van der Waals surface area contributed by atoms with Crippen LogP contribution >= 0.6 is 23.4 Å². The van der Waals surface area contributed by atoms with E-state index in [0.717, 1.165) is 12.8 Å². The number of hydrogen-bond donors (Lipinski definition) is 2. The van der Waals surface area contributed by atoms with E-state index in [2.05, 4.69) is 29.2 Å². The maximum Gasteiger partial charge on any atom is 0.406 e. The SMILES string of the molecule is CCCC(C)C(CNC(=O)OC)Sc1cc(C(=O)Nc2cc(F)c(F)c(F)c2)ccc1Cl. The first-order valence-corrected chi connectivity index (χ1v) is 11.2. The minimum atomic E-state index is -1.61. The number of methoxy groups -OCH3 is 1. The Labute approximate surface area is 194 Å². The molecule has 0 aromatic heterocycles. The Hall–Kier alpha value is -2.39. The smallest absolute Gasteiger partial charge is 0.406 e. The molecule has 2 rings (SSSR count). The molecule has 0 saturated heterocycles. The van der Waals surface area contributed by atoms with Gasteiger partial charge in [0.05, 0.1) is 12.1 Å². The summed E-state index contributed by atoms with van der Waals surface area (Å²) in [7, 11) is 1.28. The summed E-state index contributed by atoms with van der Waals surface area (Å²) in [5.74, 6) is -4.83. The number of amides is 2. The molecule has 0 aliphatic carbocycles.